The average Bonchev–Trinajstić information content (AvgIpc) is 3.14. The Bertz CT molecular complexity index is 422. The summed E-state index contributed by atoms with van der Waals surface area (Å²) in [5.41, 5.74) is 0. The van der Waals surface area contributed by atoms with Gasteiger partial charge in [0.2, 0.25) is 0 Å². The van der Waals surface area contributed by atoms with Gasteiger partial charge >= 0.3 is 0 Å². The van der Waals surface area contributed by atoms with Crippen molar-refractivity contribution >= 4 is 22.7 Å². The lowest BCUT2D eigenvalue weighted by atomic mass is 10.2. The predicted molar refractivity (Wildman–Crippen MR) is 87.9 cm³/mol. The molecule has 0 saturated carbocycles. The lowest BCUT2D eigenvalue weighted by molar-refractivity contribution is 0.161. The molecule has 0 aromatic carbocycles. The summed E-state index contributed by atoms with van der Waals surface area (Å²) in [4.78, 5) is 5.05. The molecule has 5 heteroatoms. The molecule has 0 radical (unpaired) electrons. The summed E-state index contributed by atoms with van der Waals surface area (Å²) < 4.78 is 5.10. The summed E-state index contributed by atoms with van der Waals surface area (Å²) in [6.45, 7) is 3.76. The Hall–Kier alpha value is -0.720. The molecule has 2 rings (SSSR count). The third kappa shape index (κ3) is 4.68. The molecule has 110 valence electrons. The molecule has 0 fully saturated rings. The quantitative estimate of drug-likeness (QED) is 0.770. The summed E-state index contributed by atoms with van der Waals surface area (Å²) >= 11 is 3.63. The van der Waals surface area contributed by atoms with E-state index in [0.29, 0.717) is 6.04 Å². The summed E-state index contributed by atoms with van der Waals surface area (Å²) in [5.74, 6) is 0. The molecule has 0 saturated heterocycles. The molecule has 2 aromatic heterocycles. The van der Waals surface area contributed by atoms with Crippen molar-refractivity contribution in [2.75, 3.05) is 40.4 Å². The number of hydrogen-bond acceptors (Lipinski definition) is 5. The minimum Gasteiger partial charge on any atom is -0.383 e. The van der Waals surface area contributed by atoms with Crippen LogP contribution in [0, 0.1) is 0 Å². The molecule has 0 spiro atoms. The number of methoxy groups -OCH3 is 1. The molecule has 1 N–H and O–H groups in total. The van der Waals surface area contributed by atoms with E-state index < -0.39 is 0 Å². The summed E-state index contributed by atoms with van der Waals surface area (Å²) in [6, 6.07) is 8.97. The third-order valence-electron chi connectivity index (χ3n) is 3.17. The van der Waals surface area contributed by atoms with Crippen LogP contribution >= 0.6 is 22.7 Å². The first-order valence-corrected chi connectivity index (χ1v) is 8.55. The molecule has 2 heterocycles. The number of nitrogens with zero attached hydrogens (tertiary/aromatic N) is 1. The van der Waals surface area contributed by atoms with E-state index in [-0.39, 0.29) is 0 Å². The topological polar surface area (TPSA) is 24.5 Å². The highest BCUT2D eigenvalue weighted by Gasteiger charge is 2.15. The van der Waals surface area contributed by atoms with Crippen LogP contribution in [0.3, 0.4) is 0 Å². The highest BCUT2D eigenvalue weighted by molar-refractivity contribution is 7.11. The number of rotatable bonds is 9. The molecule has 0 atom stereocenters. The Kier molecular flexibility index (Phi) is 6.69. The average molecular weight is 310 g/mol. The zero-order chi connectivity index (χ0) is 14.2. The van der Waals surface area contributed by atoms with Crippen molar-refractivity contribution in [3.63, 3.8) is 0 Å². The van der Waals surface area contributed by atoms with Gasteiger partial charge in [0.05, 0.1) is 12.6 Å². The van der Waals surface area contributed by atoms with E-state index in [9.17, 15) is 0 Å². The molecule has 0 unspecified atom stereocenters. The molecule has 2 aromatic rings. The molecule has 3 nitrogen and oxygen atoms in total. The van der Waals surface area contributed by atoms with E-state index >= 15 is 0 Å². The Morgan fingerprint density at radius 1 is 1.15 bits per heavy atom. The van der Waals surface area contributed by atoms with Crippen LogP contribution in [-0.4, -0.2) is 45.3 Å². The van der Waals surface area contributed by atoms with Gasteiger partial charge in [0.15, 0.2) is 0 Å². The second kappa shape index (κ2) is 8.54. The van der Waals surface area contributed by atoms with Crippen molar-refractivity contribution in [3.8, 4) is 0 Å². The largest absolute Gasteiger partial charge is 0.383 e. The van der Waals surface area contributed by atoms with Crippen LogP contribution in [-0.2, 0) is 4.74 Å². The first-order valence-electron chi connectivity index (χ1n) is 6.79. The zero-order valence-corrected chi connectivity index (χ0v) is 13.7. The second-order valence-corrected chi connectivity index (χ2v) is 6.67. The van der Waals surface area contributed by atoms with Crippen molar-refractivity contribution in [2.45, 2.75) is 6.04 Å². The Labute approximate surface area is 129 Å². The fourth-order valence-electron chi connectivity index (χ4n) is 2.01. The smallest absolute Gasteiger partial charge is 0.0765 e. The predicted octanol–water partition coefficient (Wildman–Crippen LogP) is 3.07. The van der Waals surface area contributed by atoms with Crippen LogP contribution in [0.15, 0.2) is 35.0 Å². The molecular weight excluding hydrogens is 288 g/mol. The number of likely N-dealkylation sites (N-methyl/N-ethyl adjacent to an activating group) is 1. The highest BCUT2D eigenvalue weighted by atomic mass is 32.1. The van der Waals surface area contributed by atoms with Gasteiger partial charge in [0.25, 0.3) is 0 Å². The van der Waals surface area contributed by atoms with Gasteiger partial charge in [-0.3, -0.25) is 0 Å². The molecule has 0 bridgehead atoms. The van der Waals surface area contributed by atoms with Gasteiger partial charge in [-0.05, 0) is 29.9 Å². The van der Waals surface area contributed by atoms with Crippen LogP contribution in [0.2, 0.25) is 0 Å². The van der Waals surface area contributed by atoms with Crippen molar-refractivity contribution in [3.05, 3.63) is 44.8 Å². The van der Waals surface area contributed by atoms with E-state index in [1.807, 2.05) is 22.7 Å². The Morgan fingerprint density at radius 3 is 2.30 bits per heavy atom. The zero-order valence-electron chi connectivity index (χ0n) is 12.0. The van der Waals surface area contributed by atoms with E-state index in [1.165, 1.54) is 9.75 Å². The first kappa shape index (κ1) is 15.7. The van der Waals surface area contributed by atoms with E-state index in [2.05, 4.69) is 52.3 Å². The van der Waals surface area contributed by atoms with E-state index in [0.717, 1.165) is 26.2 Å². The van der Waals surface area contributed by atoms with Crippen molar-refractivity contribution < 1.29 is 4.74 Å². The molecule has 20 heavy (non-hydrogen) atoms. The van der Waals surface area contributed by atoms with Crippen molar-refractivity contribution in [1.82, 2.24) is 10.2 Å². The van der Waals surface area contributed by atoms with Gasteiger partial charge in [-0.15, -0.1) is 22.7 Å². The van der Waals surface area contributed by atoms with Crippen LogP contribution in [0.5, 0.6) is 0 Å². The third-order valence-corrected chi connectivity index (χ3v) is 5.05. The molecule has 0 amide bonds. The van der Waals surface area contributed by atoms with Crippen molar-refractivity contribution in [1.29, 1.82) is 0 Å². The minimum absolute atomic E-state index is 0.325. The van der Waals surface area contributed by atoms with Crippen molar-refractivity contribution in [2.24, 2.45) is 0 Å². The number of hydrogen-bond donors (Lipinski definition) is 1. The van der Waals surface area contributed by atoms with Gasteiger partial charge in [-0.25, -0.2) is 0 Å². The summed E-state index contributed by atoms with van der Waals surface area (Å²) in [6.07, 6.45) is 0. The van der Waals surface area contributed by atoms with Gasteiger partial charge in [-0.2, -0.15) is 0 Å². The summed E-state index contributed by atoms with van der Waals surface area (Å²) in [5, 5.41) is 7.95. The maximum absolute atomic E-state index is 5.10. The molecule has 0 aliphatic heterocycles. The molecule has 0 aliphatic rings. The first-order chi connectivity index (χ1) is 9.81. The van der Waals surface area contributed by atoms with Gasteiger partial charge in [-0.1, -0.05) is 12.1 Å². The van der Waals surface area contributed by atoms with Crippen LogP contribution < -0.4 is 5.32 Å². The Morgan fingerprint density at radius 2 is 1.80 bits per heavy atom. The SMILES string of the molecule is COCCN(C)CCNC(c1cccs1)c1cccs1. The van der Waals surface area contributed by atoms with Gasteiger partial charge in [0, 0.05) is 36.5 Å². The summed E-state index contributed by atoms with van der Waals surface area (Å²) in [7, 11) is 3.88. The highest BCUT2D eigenvalue weighted by Crippen LogP contribution is 2.28. The molecular formula is C15H22N2OS2. The van der Waals surface area contributed by atoms with E-state index in [4.69, 9.17) is 4.74 Å². The second-order valence-electron chi connectivity index (χ2n) is 4.71. The lowest BCUT2D eigenvalue weighted by Crippen LogP contribution is -2.33. The van der Waals surface area contributed by atoms with E-state index in [1.54, 1.807) is 7.11 Å². The number of thiophene rings is 2. The lowest BCUT2D eigenvalue weighted by Gasteiger charge is -2.20. The minimum atomic E-state index is 0.325. The molecule has 0 aliphatic carbocycles. The maximum Gasteiger partial charge on any atom is 0.0765 e. The maximum atomic E-state index is 5.10. The fraction of sp³-hybridized carbons (Fsp3) is 0.467. The standard InChI is InChI=1S/C15H22N2OS2/c1-17(9-10-18-2)8-7-16-15(13-5-3-11-19-13)14-6-4-12-20-14/h3-6,11-12,15-16H,7-10H2,1-2H3. The Balaban J connectivity index is 1.86. The number of nitrogens with one attached hydrogen (secondary N) is 1. The normalized spacial score (nSPS) is 11.6. The van der Waals surface area contributed by atoms with Gasteiger partial charge < -0.3 is 15.0 Å². The number of ether oxygens (including phenoxy) is 1. The van der Waals surface area contributed by atoms with Crippen LogP contribution in [0.25, 0.3) is 0 Å². The van der Waals surface area contributed by atoms with Crippen LogP contribution in [0.4, 0.5) is 0 Å². The fourth-order valence-corrected chi connectivity index (χ4v) is 3.72. The van der Waals surface area contributed by atoms with Crippen LogP contribution in [0.1, 0.15) is 15.8 Å². The monoisotopic (exact) mass is 310 g/mol. The van der Waals surface area contributed by atoms with Gasteiger partial charge in [0.1, 0.15) is 0 Å².